The summed E-state index contributed by atoms with van der Waals surface area (Å²) < 4.78 is 19.7. The first kappa shape index (κ1) is 26.1. The molecular formula is C31H33FN4O5. The van der Waals surface area contributed by atoms with Gasteiger partial charge in [-0.3, -0.25) is 14.4 Å². The maximum Gasteiger partial charge on any atom is 0.418 e. The van der Waals surface area contributed by atoms with Crippen molar-refractivity contribution in [1.82, 2.24) is 9.80 Å². The molecule has 2 heterocycles. The van der Waals surface area contributed by atoms with Crippen molar-refractivity contribution in [1.29, 1.82) is 0 Å². The molecule has 3 N–H and O–H groups in total. The SMILES string of the molecule is NC1(C(=O)Nc2ccc3c(c2)CC[C@@]32OC(=O)N(CC(=O)N3Cc4ccc(F)cc4CC[C@H]3C3CC3)C2=O)CCC1. The number of nitrogens with one attached hydrogen (secondary N) is 1. The van der Waals surface area contributed by atoms with Gasteiger partial charge in [-0.2, -0.15) is 0 Å². The summed E-state index contributed by atoms with van der Waals surface area (Å²) in [5.74, 6) is -1.00. The minimum absolute atomic E-state index is 0.0194. The Hall–Kier alpha value is -3.79. The van der Waals surface area contributed by atoms with Gasteiger partial charge in [0, 0.05) is 30.3 Å². The fraction of sp³-hybridized carbons (Fsp3) is 0.484. The van der Waals surface area contributed by atoms with E-state index in [-0.39, 0.29) is 30.1 Å². The van der Waals surface area contributed by atoms with Crippen LogP contribution in [0.1, 0.15) is 67.2 Å². The van der Waals surface area contributed by atoms with Gasteiger partial charge in [0.25, 0.3) is 5.91 Å². The average Bonchev–Trinajstić information content (AvgIpc) is 3.70. The summed E-state index contributed by atoms with van der Waals surface area (Å²) in [5.41, 5.74) is 7.59. The van der Waals surface area contributed by atoms with Crippen LogP contribution in [0, 0.1) is 11.7 Å². The van der Waals surface area contributed by atoms with Crippen molar-refractivity contribution < 1.29 is 28.3 Å². The Morgan fingerprint density at radius 3 is 2.54 bits per heavy atom. The van der Waals surface area contributed by atoms with Crippen LogP contribution in [0.3, 0.4) is 0 Å². The number of benzene rings is 2. The first-order chi connectivity index (χ1) is 19.7. The quantitative estimate of drug-likeness (QED) is 0.577. The molecule has 10 heteroatoms. The number of fused-ring (bicyclic) bond motifs is 3. The van der Waals surface area contributed by atoms with Crippen molar-refractivity contribution in [3.05, 3.63) is 64.5 Å². The number of hydrogen-bond acceptors (Lipinski definition) is 6. The lowest BCUT2D eigenvalue weighted by Crippen LogP contribution is -2.56. The summed E-state index contributed by atoms with van der Waals surface area (Å²) in [6.45, 7) is -0.0829. The zero-order valence-corrected chi connectivity index (χ0v) is 22.8. The largest absolute Gasteiger partial charge is 0.427 e. The van der Waals surface area contributed by atoms with Crippen molar-refractivity contribution >= 4 is 29.5 Å². The van der Waals surface area contributed by atoms with E-state index in [0.29, 0.717) is 55.8 Å². The topological polar surface area (TPSA) is 122 Å². The molecule has 0 radical (unpaired) electrons. The van der Waals surface area contributed by atoms with E-state index >= 15 is 0 Å². The van der Waals surface area contributed by atoms with E-state index in [1.165, 1.54) is 12.1 Å². The molecule has 7 rings (SSSR count). The van der Waals surface area contributed by atoms with Crippen LogP contribution < -0.4 is 11.1 Å². The number of halogens is 1. The van der Waals surface area contributed by atoms with Gasteiger partial charge in [0.15, 0.2) is 0 Å². The number of rotatable bonds is 5. The van der Waals surface area contributed by atoms with E-state index in [0.717, 1.165) is 40.9 Å². The van der Waals surface area contributed by atoms with Crippen LogP contribution in [-0.4, -0.2) is 51.7 Å². The number of hydrogen-bond donors (Lipinski definition) is 2. The van der Waals surface area contributed by atoms with Crippen LogP contribution in [0.25, 0.3) is 0 Å². The predicted octanol–water partition coefficient (Wildman–Crippen LogP) is 3.52. The number of carbonyl (C=O) groups is 4. The molecule has 214 valence electrons. The molecule has 0 aromatic heterocycles. The first-order valence-electron chi connectivity index (χ1n) is 14.5. The van der Waals surface area contributed by atoms with Crippen molar-refractivity contribution in [3.8, 4) is 0 Å². The second kappa shape index (κ2) is 9.37. The third-order valence-electron chi connectivity index (χ3n) is 9.71. The second-order valence-electron chi connectivity index (χ2n) is 12.3. The zero-order chi connectivity index (χ0) is 28.5. The average molecular weight is 561 g/mol. The number of aryl methyl sites for hydroxylation is 2. The van der Waals surface area contributed by atoms with E-state index in [2.05, 4.69) is 5.32 Å². The van der Waals surface area contributed by atoms with Gasteiger partial charge in [-0.1, -0.05) is 12.1 Å². The van der Waals surface area contributed by atoms with Gasteiger partial charge in [0.1, 0.15) is 12.4 Å². The Bertz CT molecular complexity index is 1480. The minimum Gasteiger partial charge on any atom is -0.427 e. The second-order valence-corrected chi connectivity index (χ2v) is 12.3. The Morgan fingerprint density at radius 2 is 1.80 bits per heavy atom. The van der Waals surface area contributed by atoms with Crippen LogP contribution in [0.5, 0.6) is 0 Å². The number of imide groups is 1. The maximum atomic E-state index is 13.9. The smallest absolute Gasteiger partial charge is 0.418 e. The predicted molar refractivity (Wildman–Crippen MR) is 146 cm³/mol. The summed E-state index contributed by atoms with van der Waals surface area (Å²) in [4.78, 5) is 55.9. The molecule has 9 nitrogen and oxygen atoms in total. The fourth-order valence-corrected chi connectivity index (χ4v) is 6.98. The van der Waals surface area contributed by atoms with E-state index in [1.807, 2.05) is 0 Å². The lowest BCUT2D eigenvalue weighted by atomic mass is 9.77. The third kappa shape index (κ3) is 4.31. The van der Waals surface area contributed by atoms with E-state index in [9.17, 15) is 23.6 Å². The third-order valence-corrected chi connectivity index (χ3v) is 9.71. The van der Waals surface area contributed by atoms with E-state index in [4.69, 9.17) is 10.5 Å². The van der Waals surface area contributed by atoms with Gasteiger partial charge in [-0.15, -0.1) is 0 Å². The summed E-state index contributed by atoms with van der Waals surface area (Å²) in [6.07, 6.45) is 5.59. The van der Waals surface area contributed by atoms with Gasteiger partial charge in [0.2, 0.25) is 17.4 Å². The van der Waals surface area contributed by atoms with Crippen LogP contribution in [-0.2, 0) is 44.1 Å². The molecule has 0 unspecified atom stereocenters. The molecular weight excluding hydrogens is 527 g/mol. The number of amides is 4. The Balaban J connectivity index is 1.09. The maximum absolute atomic E-state index is 13.9. The summed E-state index contributed by atoms with van der Waals surface area (Å²) >= 11 is 0. The van der Waals surface area contributed by atoms with Gasteiger partial charge >= 0.3 is 6.09 Å². The molecule has 5 aliphatic rings. The minimum atomic E-state index is -1.48. The summed E-state index contributed by atoms with van der Waals surface area (Å²) in [5, 5.41) is 2.88. The number of carbonyl (C=O) groups excluding carboxylic acids is 4. The molecule has 2 atom stereocenters. The number of ether oxygens (including phenoxy) is 1. The number of nitrogens with two attached hydrogens (primary N) is 1. The summed E-state index contributed by atoms with van der Waals surface area (Å²) in [6, 6.07) is 9.85. The normalized spacial score (nSPS) is 26.2. The monoisotopic (exact) mass is 560 g/mol. The molecule has 3 fully saturated rings. The summed E-state index contributed by atoms with van der Waals surface area (Å²) in [7, 11) is 0. The Morgan fingerprint density at radius 1 is 1.00 bits per heavy atom. The van der Waals surface area contributed by atoms with Crippen molar-refractivity contribution in [3.63, 3.8) is 0 Å². The van der Waals surface area contributed by atoms with E-state index < -0.39 is 29.7 Å². The molecule has 0 bridgehead atoms. The fourth-order valence-electron chi connectivity index (χ4n) is 6.98. The number of anilines is 1. The highest BCUT2D eigenvalue weighted by atomic mass is 19.1. The van der Waals surface area contributed by atoms with Crippen LogP contribution in [0.4, 0.5) is 14.9 Å². The highest BCUT2D eigenvalue weighted by Gasteiger charge is 2.58. The Kier molecular flexibility index (Phi) is 5.97. The lowest BCUT2D eigenvalue weighted by Gasteiger charge is -2.36. The van der Waals surface area contributed by atoms with Crippen molar-refractivity contribution in [2.45, 2.75) is 81.5 Å². The standard InChI is InChI=1S/C31H33FN4O5/c32-22-6-4-21-16-35(25(18-2-3-18)9-5-19(21)14-22)26(37)17-36-28(39)31(41-29(36)40)13-10-20-15-23(7-8-24(20)31)34-27(38)30(33)11-1-12-30/h4,6-8,14-15,18,25H,1-3,5,9-13,16-17,33H2,(H,34,38)/t25-,31+/m0/s1. The molecule has 2 aromatic rings. The first-order valence-corrected chi connectivity index (χ1v) is 14.5. The van der Waals surface area contributed by atoms with Crippen LogP contribution in [0.15, 0.2) is 36.4 Å². The highest BCUT2D eigenvalue weighted by molar-refractivity contribution is 6.06. The molecule has 41 heavy (non-hydrogen) atoms. The highest BCUT2D eigenvalue weighted by Crippen LogP contribution is 2.46. The van der Waals surface area contributed by atoms with Gasteiger partial charge in [0.05, 0.1) is 5.54 Å². The van der Waals surface area contributed by atoms with Gasteiger partial charge in [-0.25, -0.2) is 14.1 Å². The van der Waals surface area contributed by atoms with Gasteiger partial charge in [-0.05, 0) is 98.2 Å². The zero-order valence-electron chi connectivity index (χ0n) is 22.8. The Labute approximate surface area is 237 Å². The van der Waals surface area contributed by atoms with Crippen LogP contribution >= 0.6 is 0 Å². The molecule has 2 aliphatic heterocycles. The van der Waals surface area contributed by atoms with Crippen LogP contribution in [0.2, 0.25) is 0 Å². The van der Waals surface area contributed by atoms with E-state index in [1.54, 1.807) is 29.2 Å². The van der Waals surface area contributed by atoms with Crippen molar-refractivity contribution in [2.75, 3.05) is 11.9 Å². The lowest BCUT2D eigenvalue weighted by molar-refractivity contribution is -0.143. The molecule has 2 aromatic carbocycles. The molecule has 1 saturated heterocycles. The molecule has 4 amide bonds. The molecule has 1 spiro atoms. The molecule has 3 aliphatic carbocycles. The van der Waals surface area contributed by atoms with Gasteiger partial charge < -0.3 is 20.7 Å². The van der Waals surface area contributed by atoms with Crippen molar-refractivity contribution in [2.24, 2.45) is 11.7 Å². The molecule has 2 saturated carbocycles. The number of nitrogens with zero attached hydrogens (tertiary/aromatic N) is 2.